The van der Waals surface area contributed by atoms with Gasteiger partial charge in [-0.05, 0) is 11.8 Å². The molecule has 0 aliphatic heterocycles. The molecular weight excluding hydrogens is 212 g/mol. The molecule has 0 aromatic carbocycles. The molecule has 2 N–H and O–H groups in total. The molecule has 4 nitrogen and oxygen atoms in total. The van der Waals surface area contributed by atoms with Crippen molar-refractivity contribution in [2.24, 2.45) is 11.1 Å². The van der Waals surface area contributed by atoms with E-state index in [1.54, 1.807) is 7.05 Å². The van der Waals surface area contributed by atoms with Crippen LogP contribution in [0.25, 0.3) is 0 Å². The van der Waals surface area contributed by atoms with Crippen molar-refractivity contribution in [1.82, 2.24) is 4.31 Å². The lowest BCUT2D eigenvalue weighted by atomic mass is 9.97. The Hall–Kier alpha value is -0.130. The van der Waals surface area contributed by atoms with Crippen LogP contribution in [0.4, 0.5) is 0 Å². The maximum absolute atomic E-state index is 12.0. The highest BCUT2D eigenvalue weighted by Gasteiger charge is 2.29. The van der Waals surface area contributed by atoms with Crippen molar-refractivity contribution in [2.45, 2.75) is 39.4 Å². The van der Waals surface area contributed by atoms with Gasteiger partial charge in [-0.3, -0.25) is 0 Å². The number of sulfonamides is 1. The summed E-state index contributed by atoms with van der Waals surface area (Å²) >= 11 is 0. The van der Waals surface area contributed by atoms with Crippen LogP contribution in [0.15, 0.2) is 0 Å². The van der Waals surface area contributed by atoms with Gasteiger partial charge < -0.3 is 5.73 Å². The van der Waals surface area contributed by atoms with Crippen LogP contribution in [0.2, 0.25) is 0 Å². The fourth-order valence-electron chi connectivity index (χ4n) is 1.51. The van der Waals surface area contributed by atoms with Crippen molar-refractivity contribution < 1.29 is 8.42 Å². The van der Waals surface area contributed by atoms with Crippen LogP contribution in [-0.2, 0) is 10.0 Å². The third kappa shape index (κ3) is 4.49. The van der Waals surface area contributed by atoms with Gasteiger partial charge in [0.1, 0.15) is 0 Å². The van der Waals surface area contributed by atoms with E-state index in [9.17, 15) is 8.42 Å². The molecular formula is C10H24N2O2S. The first-order chi connectivity index (χ1) is 6.65. The number of hydrogen-bond donors (Lipinski definition) is 1. The van der Waals surface area contributed by atoms with Crippen LogP contribution in [0.1, 0.15) is 34.1 Å². The van der Waals surface area contributed by atoms with Crippen LogP contribution >= 0.6 is 0 Å². The van der Waals surface area contributed by atoms with Gasteiger partial charge in [-0.25, -0.2) is 12.7 Å². The fourth-order valence-corrected chi connectivity index (χ4v) is 3.25. The van der Waals surface area contributed by atoms with E-state index in [2.05, 4.69) is 0 Å². The van der Waals surface area contributed by atoms with E-state index in [1.165, 1.54) is 4.31 Å². The topological polar surface area (TPSA) is 63.4 Å². The summed E-state index contributed by atoms with van der Waals surface area (Å²) in [5.41, 5.74) is 5.43. The van der Waals surface area contributed by atoms with Crippen molar-refractivity contribution >= 4 is 10.0 Å². The van der Waals surface area contributed by atoms with Gasteiger partial charge in [0.05, 0.1) is 5.25 Å². The van der Waals surface area contributed by atoms with Gasteiger partial charge in [0.15, 0.2) is 0 Å². The molecule has 0 aromatic rings. The molecule has 0 fully saturated rings. The summed E-state index contributed by atoms with van der Waals surface area (Å²) < 4.78 is 25.5. The number of nitrogens with two attached hydrogens (primary N) is 1. The molecule has 0 saturated heterocycles. The van der Waals surface area contributed by atoms with E-state index in [1.807, 2.05) is 27.7 Å². The molecule has 0 aliphatic carbocycles. The molecule has 1 unspecified atom stereocenters. The Morgan fingerprint density at radius 3 is 2.07 bits per heavy atom. The molecule has 0 aliphatic rings. The van der Waals surface area contributed by atoms with Crippen LogP contribution in [0.5, 0.6) is 0 Å². The summed E-state index contributed by atoms with van der Waals surface area (Å²) in [6, 6.07) is 0. The second-order valence-electron chi connectivity index (χ2n) is 5.13. The zero-order valence-electron chi connectivity index (χ0n) is 10.4. The maximum Gasteiger partial charge on any atom is 0.217 e. The van der Waals surface area contributed by atoms with Crippen molar-refractivity contribution in [3.8, 4) is 0 Å². The van der Waals surface area contributed by atoms with Gasteiger partial charge in [0.2, 0.25) is 10.0 Å². The molecule has 5 heteroatoms. The largest absolute Gasteiger partial charge is 0.329 e. The normalized spacial score (nSPS) is 15.7. The van der Waals surface area contributed by atoms with E-state index in [0.717, 1.165) is 0 Å². The molecule has 0 amide bonds. The predicted octanol–water partition coefficient (Wildman–Crippen LogP) is 1.03. The average molecular weight is 236 g/mol. The van der Waals surface area contributed by atoms with Crippen molar-refractivity contribution in [3.63, 3.8) is 0 Å². The summed E-state index contributed by atoms with van der Waals surface area (Å²) in [4.78, 5) is 0. The van der Waals surface area contributed by atoms with Crippen LogP contribution in [-0.4, -0.2) is 38.1 Å². The minimum Gasteiger partial charge on any atom is -0.329 e. The number of nitrogens with zero attached hydrogens (tertiary/aromatic N) is 1. The van der Waals surface area contributed by atoms with Gasteiger partial charge >= 0.3 is 0 Å². The predicted molar refractivity (Wildman–Crippen MR) is 64.1 cm³/mol. The summed E-state index contributed by atoms with van der Waals surface area (Å²) in [6.45, 7) is 8.60. The zero-order chi connectivity index (χ0) is 12.3. The number of hydrogen-bond acceptors (Lipinski definition) is 3. The van der Waals surface area contributed by atoms with Gasteiger partial charge in [-0.1, -0.05) is 27.7 Å². The molecule has 0 aromatic heterocycles. The van der Waals surface area contributed by atoms with Crippen LogP contribution in [0, 0.1) is 5.41 Å². The Labute approximate surface area is 93.9 Å². The van der Waals surface area contributed by atoms with Gasteiger partial charge in [-0.2, -0.15) is 0 Å². The van der Waals surface area contributed by atoms with Crippen molar-refractivity contribution in [3.05, 3.63) is 0 Å². The van der Waals surface area contributed by atoms with Gasteiger partial charge in [-0.15, -0.1) is 0 Å². The van der Waals surface area contributed by atoms with Crippen molar-refractivity contribution in [1.29, 1.82) is 0 Å². The average Bonchev–Trinajstić information content (AvgIpc) is 2.02. The number of rotatable bonds is 5. The highest BCUT2D eigenvalue weighted by molar-refractivity contribution is 7.89. The minimum atomic E-state index is -3.23. The quantitative estimate of drug-likeness (QED) is 0.775. The second kappa shape index (κ2) is 5.27. The lowest BCUT2D eigenvalue weighted by Gasteiger charge is -2.28. The van der Waals surface area contributed by atoms with E-state index >= 15 is 0 Å². The molecule has 0 saturated carbocycles. The maximum atomic E-state index is 12.0. The Bertz CT molecular complexity index is 276. The smallest absolute Gasteiger partial charge is 0.217 e. The van der Waals surface area contributed by atoms with Gasteiger partial charge in [0.25, 0.3) is 0 Å². The molecule has 92 valence electrons. The molecule has 15 heavy (non-hydrogen) atoms. The monoisotopic (exact) mass is 236 g/mol. The Balaban J connectivity index is 4.73. The highest BCUT2D eigenvalue weighted by Crippen LogP contribution is 2.18. The second-order valence-corrected chi connectivity index (χ2v) is 7.45. The Kier molecular flexibility index (Phi) is 5.23. The fraction of sp³-hybridized carbons (Fsp3) is 1.00. The van der Waals surface area contributed by atoms with E-state index in [4.69, 9.17) is 5.73 Å². The molecule has 0 bridgehead atoms. The first kappa shape index (κ1) is 14.9. The summed E-state index contributed by atoms with van der Waals surface area (Å²) in [6.07, 6.45) is 0.563. The minimum absolute atomic E-state index is 0.0330. The molecule has 0 radical (unpaired) electrons. The summed E-state index contributed by atoms with van der Waals surface area (Å²) in [7, 11) is -1.60. The molecule has 0 spiro atoms. The SMILES string of the molecule is CCC(CN)S(=O)(=O)N(C)CC(C)(C)C. The summed E-state index contributed by atoms with van der Waals surface area (Å²) in [5.74, 6) is 0. The van der Waals surface area contributed by atoms with Crippen molar-refractivity contribution in [2.75, 3.05) is 20.1 Å². The summed E-state index contributed by atoms with van der Waals surface area (Å²) in [5, 5.41) is -0.454. The lowest BCUT2D eigenvalue weighted by molar-refractivity contribution is 0.308. The van der Waals surface area contributed by atoms with Crippen LogP contribution < -0.4 is 5.73 Å². The van der Waals surface area contributed by atoms with Crippen LogP contribution in [0.3, 0.4) is 0 Å². The first-order valence-corrected chi connectivity index (χ1v) is 6.80. The highest BCUT2D eigenvalue weighted by atomic mass is 32.2. The molecule has 0 heterocycles. The third-order valence-electron chi connectivity index (χ3n) is 2.27. The lowest BCUT2D eigenvalue weighted by Crippen LogP contribution is -2.43. The molecule has 0 rings (SSSR count). The van der Waals surface area contributed by atoms with E-state index in [-0.39, 0.29) is 12.0 Å². The zero-order valence-corrected chi connectivity index (χ0v) is 11.3. The standard InChI is InChI=1S/C10H24N2O2S/c1-6-9(7-11)15(13,14)12(5)8-10(2,3)4/h9H,6-8,11H2,1-5H3. The van der Waals surface area contributed by atoms with E-state index in [0.29, 0.717) is 13.0 Å². The third-order valence-corrected chi connectivity index (χ3v) is 4.64. The Morgan fingerprint density at radius 1 is 1.33 bits per heavy atom. The van der Waals surface area contributed by atoms with E-state index < -0.39 is 15.3 Å². The van der Waals surface area contributed by atoms with Gasteiger partial charge in [0, 0.05) is 20.1 Å². The Morgan fingerprint density at radius 2 is 1.80 bits per heavy atom. The molecule has 1 atom stereocenters. The first-order valence-electron chi connectivity index (χ1n) is 5.30.